The second-order valence-corrected chi connectivity index (χ2v) is 13.4. The summed E-state index contributed by atoms with van der Waals surface area (Å²) in [6.45, 7) is 5.50. The fourth-order valence-electron chi connectivity index (χ4n) is 4.24. The highest BCUT2D eigenvalue weighted by Gasteiger charge is 2.33. The highest BCUT2D eigenvalue weighted by atomic mass is 32.7. The molecule has 34 heavy (non-hydrogen) atoms. The molecule has 186 valence electrons. The summed E-state index contributed by atoms with van der Waals surface area (Å²) in [6, 6.07) is 11.6. The van der Waals surface area contributed by atoms with Gasteiger partial charge in [0.2, 0.25) is 0 Å². The van der Waals surface area contributed by atoms with Crippen LogP contribution in [0.15, 0.2) is 36.4 Å². The normalized spacial score (nSPS) is 15.0. The molecule has 0 bridgehead atoms. The third-order valence-electron chi connectivity index (χ3n) is 6.19. The van der Waals surface area contributed by atoms with Crippen LogP contribution in [0, 0.1) is 0 Å². The molecule has 2 atom stereocenters. The summed E-state index contributed by atoms with van der Waals surface area (Å²) >= 11 is 1.32. The highest BCUT2D eigenvalue weighted by Crippen LogP contribution is 2.63. The van der Waals surface area contributed by atoms with Gasteiger partial charge < -0.3 is 4.52 Å². The molecule has 0 aliphatic heterocycles. The Morgan fingerprint density at radius 1 is 0.882 bits per heavy atom. The first-order valence-electron chi connectivity index (χ1n) is 12.9. The van der Waals surface area contributed by atoms with Gasteiger partial charge in [-0.2, -0.15) is 0 Å². The van der Waals surface area contributed by atoms with Gasteiger partial charge in [0.1, 0.15) is 5.75 Å². The molecule has 4 nitrogen and oxygen atoms in total. The number of hydrogen-bond donors (Lipinski definition) is 0. The zero-order valence-electron chi connectivity index (χ0n) is 21.1. The Balaban J connectivity index is 1.94. The molecule has 2 aromatic rings. The van der Waals surface area contributed by atoms with Crippen molar-refractivity contribution in [1.82, 2.24) is 0 Å². The predicted molar refractivity (Wildman–Crippen MR) is 144 cm³/mol. The van der Waals surface area contributed by atoms with Crippen molar-refractivity contribution >= 4 is 24.0 Å². The molecule has 0 amide bonds. The molecule has 2 aromatic carbocycles. The number of aryl methyl sites for hydroxylation is 1. The zero-order valence-corrected chi connectivity index (χ0v) is 22.8. The second-order valence-electron chi connectivity index (χ2n) is 9.12. The van der Waals surface area contributed by atoms with Gasteiger partial charge in [-0.1, -0.05) is 84.1 Å². The van der Waals surface area contributed by atoms with Crippen LogP contribution >= 0.6 is 18.2 Å². The van der Waals surface area contributed by atoms with Gasteiger partial charge in [0.15, 0.2) is 5.78 Å². The molecule has 3 rings (SSSR count). The quantitative estimate of drug-likeness (QED) is 0.153. The summed E-state index contributed by atoms with van der Waals surface area (Å²) in [5.41, 5.74) is 4.25. The van der Waals surface area contributed by atoms with E-state index in [9.17, 15) is 9.36 Å². The molecule has 1 aliphatic rings. The summed E-state index contributed by atoms with van der Waals surface area (Å²) < 4.78 is 26.2. The van der Waals surface area contributed by atoms with E-state index in [1.807, 2.05) is 30.3 Å². The van der Waals surface area contributed by atoms with E-state index in [0.717, 1.165) is 80.0 Å². The largest absolute Gasteiger partial charge is 0.440 e. The lowest BCUT2D eigenvalue weighted by molar-refractivity contribution is 0.104. The maximum atomic E-state index is 14.0. The number of unbranched alkanes of at least 4 members (excludes halogenated alkanes) is 4. The fourth-order valence-corrected chi connectivity index (χ4v) is 8.28. The van der Waals surface area contributed by atoms with Gasteiger partial charge in [0.25, 0.3) is 0 Å². The topological polar surface area (TPSA) is 52.6 Å². The van der Waals surface area contributed by atoms with Crippen LogP contribution in [0.4, 0.5) is 0 Å². The van der Waals surface area contributed by atoms with Gasteiger partial charge in [0.05, 0.1) is 6.61 Å². The summed E-state index contributed by atoms with van der Waals surface area (Å²) in [5, 5.41) is 0.163. The Kier molecular flexibility index (Phi) is 10.3. The third kappa shape index (κ3) is 6.77. The van der Waals surface area contributed by atoms with Crippen molar-refractivity contribution in [2.75, 3.05) is 6.61 Å². The van der Waals surface area contributed by atoms with Crippen molar-refractivity contribution in [3.63, 3.8) is 0 Å². The van der Waals surface area contributed by atoms with Crippen molar-refractivity contribution < 1.29 is 18.4 Å². The summed E-state index contributed by atoms with van der Waals surface area (Å²) in [7, 11) is 0. The average molecular weight is 503 g/mol. The first-order chi connectivity index (χ1) is 16.4. The number of rotatable bonds is 15. The standard InChI is InChI=1S/C28H39O4PS/c1-5-8-13-18-31-33(30,34-21(4)14-9-6-2)32-27-20-26-25(19-22(27)15-10-7-3)23-16-11-12-17-24(23)28(26)29/h11-12,16-17,19-21H,5-10,13-15,18H2,1-4H3. The van der Waals surface area contributed by atoms with E-state index in [1.165, 1.54) is 11.4 Å². The Hall–Kier alpha value is -1.55. The van der Waals surface area contributed by atoms with E-state index >= 15 is 0 Å². The minimum absolute atomic E-state index is 0.000143. The van der Waals surface area contributed by atoms with Crippen LogP contribution in [0.1, 0.15) is 101 Å². The lowest BCUT2D eigenvalue weighted by Gasteiger charge is -2.23. The molecule has 0 fully saturated rings. The van der Waals surface area contributed by atoms with E-state index in [2.05, 4.69) is 33.8 Å². The predicted octanol–water partition coefficient (Wildman–Crippen LogP) is 9.25. The number of hydrogen-bond acceptors (Lipinski definition) is 5. The number of carbonyl (C=O) groups is 1. The van der Waals surface area contributed by atoms with Crippen LogP contribution in [0.25, 0.3) is 11.1 Å². The smallest absolute Gasteiger partial charge is 0.417 e. The van der Waals surface area contributed by atoms with Gasteiger partial charge in [0, 0.05) is 16.4 Å². The van der Waals surface area contributed by atoms with Crippen molar-refractivity contribution in [2.45, 2.75) is 90.7 Å². The summed E-state index contributed by atoms with van der Waals surface area (Å²) in [6.07, 6.45) is 8.95. The maximum Gasteiger partial charge on any atom is 0.440 e. The molecule has 0 aromatic heterocycles. The summed E-state index contributed by atoms with van der Waals surface area (Å²) in [4.78, 5) is 13.1. The molecule has 0 saturated carbocycles. The Morgan fingerprint density at radius 3 is 2.29 bits per heavy atom. The Bertz CT molecular complexity index is 1020. The number of ketones is 1. The SMILES string of the molecule is CCCCCOP(=O)(Oc1cc2c(cc1CCCC)-c1ccccc1C2=O)SC(C)CCCC. The molecular weight excluding hydrogens is 463 g/mol. The summed E-state index contributed by atoms with van der Waals surface area (Å²) in [5.74, 6) is 0.530. The van der Waals surface area contributed by atoms with Crippen molar-refractivity contribution in [3.05, 3.63) is 53.1 Å². The lowest BCUT2D eigenvalue weighted by Crippen LogP contribution is -2.05. The molecule has 0 radical (unpaired) electrons. The van der Waals surface area contributed by atoms with E-state index in [1.54, 1.807) is 0 Å². The van der Waals surface area contributed by atoms with Gasteiger partial charge in [-0.3, -0.25) is 9.32 Å². The van der Waals surface area contributed by atoms with Crippen LogP contribution in [0.3, 0.4) is 0 Å². The van der Waals surface area contributed by atoms with Gasteiger partial charge in [-0.15, -0.1) is 0 Å². The lowest BCUT2D eigenvalue weighted by atomic mass is 9.99. The monoisotopic (exact) mass is 502 g/mol. The van der Waals surface area contributed by atoms with E-state index in [0.29, 0.717) is 17.9 Å². The van der Waals surface area contributed by atoms with E-state index in [4.69, 9.17) is 9.05 Å². The van der Waals surface area contributed by atoms with E-state index < -0.39 is 6.80 Å². The average Bonchev–Trinajstić information content (AvgIpc) is 3.10. The fraction of sp³-hybridized carbons (Fsp3) is 0.536. The zero-order chi connectivity index (χ0) is 24.6. The maximum absolute atomic E-state index is 14.0. The Morgan fingerprint density at radius 2 is 1.59 bits per heavy atom. The molecule has 2 unspecified atom stereocenters. The number of benzene rings is 2. The van der Waals surface area contributed by atoms with Crippen LogP contribution in [0.5, 0.6) is 5.75 Å². The minimum Gasteiger partial charge on any atom is -0.417 e. The van der Waals surface area contributed by atoms with Crippen molar-refractivity contribution in [2.24, 2.45) is 0 Å². The first-order valence-corrected chi connectivity index (χ1v) is 15.9. The van der Waals surface area contributed by atoms with Crippen LogP contribution < -0.4 is 4.52 Å². The second kappa shape index (κ2) is 13.0. The van der Waals surface area contributed by atoms with Gasteiger partial charge in [-0.05, 0) is 65.9 Å². The highest BCUT2D eigenvalue weighted by molar-refractivity contribution is 8.55. The first kappa shape index (κ1) is 27.0. The number of fused-ring (bicyclic) bond motifs is 3. The molecule has 6 heteroatoms. The molecule has 0 N–H and O–H groups in total. The van der Waals surface area contributed by atoms with Crippen LogP contribution in [0.2, 0.25) is 0 Å². The Labute approximate surface area is 209 Å². The van der Waals surface area contributed by atoms with Crippen LogP contribution in [-0.2, 0) is 15.5 Å². The van der Waals surface area contributed by atoms with Crippen molar-refractivity contribution in [3.8, 4) is 16.9 Å². The molecule has 0 heterocycles. The van der Waals surface area contributed by atoms with Gasteiger partial charge in [-0.25, -0.2) is 4.57 Å². The van der Waals surface area contributed by atoms with Crippen LogP contribution in [-0.4, -0.2) is 17.6 Å². The van der Waals surface area contributed by atoms with Crippen molar-refractivity contribution in [1.29, 1.82) is 0 Å². The van der Waals surface area contributed by atoms with Gasteiger partial charge >= 0.3 is 6.80 Å². The third-order valence-corrected chi connectivity index (χ3v) is 10.4. The molecule has 0 spiro atoms. The molecule has 0 saturated heterocycles. The minimum atomic E-state index is -3.45. The van der Waals surface area contributed by atoms with E-state index in [-0.39, 0.29) is 11.0 Å². The molecular formula is C28H39O4PS. The molecule has 1 aliphatic carbocycles. The number of carbonyl (C=O) groups excluding carboxylic acids is 1.